The number of nitrogens with one attached hydrogen (secondary N) is 3. The second kappa shape index (κ2) is 9.69. The Kier molecular flexibility index (Phi) is 7.32. The fourth-order valence-electron chi connectivity index (χ4n) is 2.50. The molecule has 6 heteroatoms. The topological polar surface area (TPSA) is 87.3 Å². The molecule has 3 amide bonds. The molecule has 148 valence electrons. The van der Waals surface area contributed by atoms with Gasteiger partial charge in [0.05, 0.1) is 6.42 Å². The molecule has 0 radical (unpaired) electrons. The van der Waals surface area contributed by atoms with Crippen LogP contribution in [0, 0.1) is 0 Å². The summed E-state index contributed by atoms with van der Waals surface area (Å²) in [5.74, 6) is -0.480. The zero-order valence-corrected chi connectivity index (χ0v) is 16.5. The lowest BCUT2D eigenvalue weighted by molar-refractivity contribution is -0.120. The number of carbonyl (C=O) groups excluding carboxylic acids is 3. The van der Waals surface area contributed by atoms with Crippen LogP contribution in [0.3, 0.4) is 0 Å². The summed E-state index contributed by atoms with van der Waals surface area (Å²) in [6.07, 6.45) is 0.466. The Morgan fingerprint density at radius 1 is 0.857 bits per heavy atom. The Morgan fingerprint density at radius 3 is 2.11 bits per heavy atom. The van der Waals surface area contributed by atoms with E-state index < -0.39 is 0 Å². The lowest BCUT2D eigenvalue weighted by Gasteiger charge is -2.20. The number of amides is 3. The van der Waals surface area contributed by atoms with Crippen molar-refractivity contribution in [1.82, 2.24) is 10.6 Å². The number of carbonyl (C=O) groups is 3. The molecule has 0 unspecified atom stereocenters. The maximum absolute atomic E-state index is 12.1. The van der Waals surface area contributed by atoms with Gasteiger partial charge < -0.3 is 16.0 Å². The third-order valence-electron chi connectivity index (χ3n) is 3.80. The minimum absolute atomic E-state index is 0.117. The summed E-state index contributed by atoms with van der Waals surface area (Å²) in [7, 11) is 0. The van der Waals surface area contributed by atoms with Gasteiger partial charge in [-0.05, 0) is 50.6 Å². The smallest absolute Gasteiger partial charge is 0.251 e. The minimum atomic E-state index is -0.311. The summed E-state index contributed by atoms with van der Waals surface area (Å²) in [5.41, 5.74) is 1.75. The van der Waals surface area contributed by atoms with Crippen molar-refractivity contribution in [2.45, 2.75) is 39.2 Å². The molecule has 3 N–H and O–H groups in total. The van der Waals surface area contributed by atoms with E-state index in [1.807, 2.05) is 51.1 Å². The zero-order valence-electron chi connectivity index (χ0n) is 16.5. The van der Waals surface area contributed by atoms with Crippen molar-refractivity contribution in [3.63, 3.8) is 0 Å². The van der Waals surface area contributed by atoms with Crippen molar-refractivity contribution in [3.8, 4) is 0 Å². The van der Waals surface area contributed by atoms with Crippen LogP contribution in [0.2, 0.25) is 0 Å². The van der Waals surface area contributed by atoms with Crippen molar-refractivity contribution in [3.05, 3.63) is 65.7 Å². The van der Waals surface area contributed by atoms with Crippen molar-refractivity contribution < 1.29 is 14.4 Å². The minimum Gasteiger partial charge on any atom is -0.355 e. The van der Waals surface area contributed by atoms with Crippen molar-refractivity contribution in [2.24, 2.45) is 0 Å². The van der Waals surface area contributed by atoms with Crippen LogP contribution >= 0.6 is 0 Å². The second-order valence-corrected chi connectivity index (χ2v) is 7.59. The van der Waals surface area contributed by atoms with Gasteiger partial charge in [0.15, 0.2) is 0 Å². The maximum atomic E-state index is 12.1. The molecule has 0 atom stereocenters. The molecular formula is C22H27N3O3. The lowest BCUT2D eigenvalue weighted by Crippen LogP contribution is -2.40. The first-order valence-electron chi connectivity index (χ1n) is 9.26. The van der Waals surface area contributed by atoms with Crippen molar-refractivity contribution >= 4 is 23.4 Å². The Balaban J connectivity index is 1.74. The first-order valence-corrected chi connectivity index (χ1v) is 9.26. The summed E-state index contributed by atoms with van der Waals surface area (Å²) >= 11 is 0. The molecule has 0 aromatic heterocycles. The SMILES string of the molecule is CC(C)(C)NC(=O)c1ccc(NC(=O)CCNC(=O)Cc2ccccc2)cc1. The monoisotopic (exact) mass is 381 g/mol. The molecule has 2 aromatic rings. The largest absolute Gasteiger partial charge is 0.355 e. The van der Waals surface area contributed by atoms with Gasteiger partial charge in [-0.15, -0.1) is 0 Å². The first kappa shape index (κ1) is 21.2. The lowest BCUT2D eigenvalue weighted by atomic mass is 10.1. The van der Waals surface area contributed by atoms with Crippen LogP contribution in [0.4, 0.5) is 5.69 Å². The molecule has 0 saturated carbocycles. The van der Waals surface area contributed by atoms with Crippen LogP contribution in [-0.4, -0.2) is 29.8 Å². The molecule has 0 heterocycles. The Bertz CT molecular complexity index is 809. The van der Waals surface area contributed by atoms with E-state index in [4.69, 9.17) is 0 Å². The summed E-state index contributed by atoms with van der Waals surface area (Å²) < 4.78 is 0. The average molecular weight is 381 g/mol. The van der Waals surface area contributed by atoms with Gasteiger partial charge in [0.2, 0.25) is 11.8 Å². The van der Waals surface area contributed by atoms with Gasteiger partial charge >= 0.3 is 0 Å². The molecule has 6 nitrogen and oxygen atoms in total. The van der Waals surface area contributed by atoms with Gasteiger partial charge in [-0.25, -0.2) is 0 Å². The van der Waals surface area contributed by atoms with Crippen LogP contribution in [0.5, 0.6) is 0 Å². The van der Waals surface area contributed by atoms with E-state index >= 15 is 0 Å². The van der Waals surface area contributed by atoms with Gasteiger partial charge in [-0.1, -0.05) is 30.3 Å². The normalized spacial score (nSPS) is 10.8. The standard InChI is InChI=1S/C22H27N3O3/c1-22(2,3)25-21(28)17-9-11-18(12-10-17)24-19(26)13-14-23-20(27)15-16-7-5-4-6-8-16/h4-12H,13-15H2,1-3H3,(H,23,27)(H,24,26)(H,25,28). The fraction of sp³-hybridized carbons (Fsp3) is 0.318. The quantitative estimate of drug-likeness (QED) is 0.689. The van der Waals surface area contributed by atoms with E-state index in [0.717, 1.165) is 5.56 Å². The summed E-state index contributed by atoms with van der Waals surface area (Å²) in [5, 5.41) is 8.38. The average Bonchev–Trinajstić information content (AvgIpc) is 2.61. The van der Waals surface area contributed by atoms with Crippen molar-refractivity contribution in [1.29, 1.82) is 0 Å². The summed E-state index contributed by atoms with van der Waals surface area (Å²) in [4.78, 5) is 36.0. The van der Waals surface area contributed by atoms with Crippen molar-refractivity contribution in [2.75, 3.05) is 11.9 Å². The van der Waals surface area contributed by atoms with Gasteiger partial charge in [-0.2, -0.15) is 0 Å². The highest BCUT2D eigenvalue weighted by atomic mass is 16.2. The third-order valence-corrected chi connectivity index (χ3v) is 3.80. The molecular weight excluding hydrogens is 354 g/mol. The molecule has 0 fully saturated rings. The van der Waals surface area contributed by atoms with Crippen LogP contribution < -0.4 is 16.0 Å². The van der Waals surface area contributed by atoms with E-state index in [1.165, 1.54) is 0 Å². The predicted octanol–water partition coefficient (Wildman–Crippen LogP) is 2.90. The van der Waals surface area contributed by atoms with E-state index in [2.05, 4.69) is 16.0 Å². The number of hydrogen-bond acceptors (Lipinski definition) is 3. The fourth-order valence-corrected chi connectivity index (χ4v) is 2.50. The summed E-state index contributed by atoms with van der Waals surface area (Å²) in [6, 6.07) is 16.1. The highest BCUT2D eigenvalue weighted by Gasteiger charge is 2.15. The van der Waals surface area contributed by atoms with Gasteiger partial charge in [0.25, 0.3) is 5.91 Å². The zero-order chi connectivity index (χ0) is 20.6. The third kappa shape index (κ3) is 7.61. The molecule has 0 saturated heterocycles. The van der Waals surface area contributed by atoms with Gasteiger partial charge in [-0.3, -0.25) is 14.4 Å². The van der Waals surface area contributed by atoms with Gasteiger partial charge in [0, 0.05) is 29.8 Å². The van der Waals surface area contributed by atoms with E-state index in [1.54, 1.807) is 24.3 Å². The number of rotatable bonds is 7. The molecule has 0 spiro atoms. The number of anilines is 1. The van der Waals surface area contributed by atoms with Gasteiger partial charge in [0.1, 0.15) is 0 Å². The predicted molar refractivity (Wildman–Crippen MR) is 110 cm³/mol. The summed E-state index contributed by atoms with van der Waals surface area (Å²) in [6.45, 7) is 6.01. The van der Waals surface area contributed by atoms with E-state index in [-0.39, 0.29) is 36.2 Å². The number of hydrogen-bond donors (Lipinski definition) is 3. The highest BCUT2D eigenvalue weighted by molar-refractivity contribution is 5.96. The Morgan fingerprint density at radius 2 is 1.50 bits per heavy atom. The van der Waals surface area contributed by atoms with Crippen LogP contribution in [0.15, 0.2) is 54.6 Å². The second-order valence-electron chi connectivity index (χ2n) is 7.59. The molecule has 2 rings (SSSR count). The molecule has 0 aliphatic rings. The van der Waals surface area contributed by atoms with Crippen LogP contribution in [0.25, 0.3) is 0 Å². The molecule has 2 aromatic carbocycles. The Hall–Kier alpha value is -3.15. The molecule has 28 heavy (non-hydrogen) atoms. The number of benzene rings is 2. The first-order chi connectivity index (χ1) is 13.2. The molecule has 0 aliphatic heterocycles. The van der Waals surface area contributed by atoms with E-state index in [9.17, 15) is 14.4 Å². The Labute approximate surface area is 165 Å². The van der Waals surface area contributed by atoms with E-state index in [0.29, 0.717) is 17.7 Å². The molecule has 0 aliphatic carbocycles. The van der Waals surface area contributed by atoms with Crippen LogP contribution in [0.1, 0.15) is 43.1 Å². The molecule has 0 bridgehead atoms. The van der Waals surface area contributed by atoms with Crippen LogP contribution in [-0.2, 0) is 16.0 Å². The highest BCUT2D eigenvalue weighted by Crippen LogP contribution is 2.11. The maximum Gasteiger partial charge on any atom is 0.251 e.